The van der Waals surface area contributed by atoms with Gasteiger partial charge in [0.25, 0.3) is 0 Å². The normalized spacial score (nSPS) is 12.7. The lowest BCUT2D eigenvalue weighted by molar-refractivity contribution is 0.152. The Bertz CT molecular complexity index is 2740. The van der Waals surface area contributed by atoms with E-state index in [1.807, 2.05) is 30.3 Å². The second-order valence-electron chi connectivity index (χ2n) is 13.6. The highest BCUT2D eigenvalue weighted by molar-refractivity contribution is 5.92. The van der Waals surface area contributed by atoms with Gasteiger partial charge in [0, 0.05) is 38.9 Å². The fraction of sp³-hybridized carbons (Fsp3) is 0.0200. The molecule has 0 N–H and O–H groups in total. The van der Waals surface area contributed by atoms with Crippen LogP contribution in [0.4, 0.5) is 0 Å². The van der Waals surface area contributed by atoms with Crippen molar-refractivity contribution in [2.75, 3.05) is 0 Å². The molecular weight excluding hydrogens is 659 g/mol. The van der Waals surface area contributed by atoms with E-state index in [1.165, 1.54) is 5.39 Å². The maximum Gasteiger partial charge on any atom is 0.185 e. The molecule has 8 aromatic carbocycles. The minimum absolute atomic E-state index is 0.623. The molecule has 254 valence electrons. The van der Waals surface area contributed by atoms with Crippen LogP contribution in [0.5, 0.6) is 5.75 Å². The first-order chi connectivity index (χ1) is 26.7. The summed E-state index contributed by atoms with van der Waals surface area (Å²) >= 11 is 0. The number of benzene rings is 8. The van der Waals surface area contributed by atoms with Crippen LogP contribution in [-0.2, 0) is 5.60 Å². The molecule has 0 amide bonds. The Morgan fingerprint density at radius 3 is 1.54 bits per heavy atom. The summed E-state index contributed by atoms with van der Waals surface area (Å²) in [6.45, 7) is 0. The minimum atomic E-state index is -0.813. The molecule has 0 bridgehead atoms. The fourth-order valence-corrected chi connectivity index (χ4v) is 7.78. The SMILES string of the molecule is c1ccc(-c2nc(-c3ccc(-c4cccc5c4-c4ccccc4C(c4ccccc4)(c4ccccc4)O5)cc3)nc(-c3ccc4ccccc4c3)n2)cc1. The monoisotopic (exact) mass is 691 g/mol. The molecule has 2 heterocycles. The summed E-state index contributed by atoms with van der Waals surface area (Å²) < 4.78 is 7.28. The lowest BCUT2D eigenvalue weighted by Gasteiger charge is -2.42. The van der Waals surface area contributed by atoms with Gasteiger partial charge in [-0.05, 0) is 39.6 Å². The van der Waals surface area contributed by atoms with Crippen LogP contribution in [0.15, 0.2) is 200 Å². The molecule has 0 radical (unpaired) electrons. The molecule has 4 nitrogen and oxygen atoms in total. The van der Waals surface area contributed by atoms with Crippen LogP contribution >= 0.6 is 0 Å². The summed E-state index contributed by atoms with van der Waals surface area (Å²) in [5.41, 5.74) is 9.66. The van der Waals surface area contributed by atoms with Crippen molar-refractivity contribution in [1.29, 1.82) is 0 Å². The predicted molar refractivity (Wildman–Crippen MR) is 218 cm³/mol. The Morgan fingerprint density at radius 1 is 0.352 bits per heavy atom. The highest BCUT2D eigenvalue weighted by Gasteiger charge is 2.44. The van der Waals surface area contributed by atoms with Crippen LogP contribution in [0.2, 0.25) is 0 Å². The van der Waals surface area contributed by atoms with Crippen molar-refractivity contribution in [3.05, 3.63) is 217 Å². The summed E-state index contributed by atoms with van der Waals surface area (Å²) in [6, 6.07) is 69.4. The average molecular weight is 692 g/mol. The zero-order valence-corrected chi connectivity index (χ0v) is 29.3. The van der Waals surface area contributed by atoms with E-state index in [-0.39, 0.29) is 0 Å². The first-order valence-electron chi connectivity index (χ1n) is 18.2. The first kappa shape index (κ1) is 31.6. The topological polar surface area (TPSA) is 47.9 Å². The summed E-state index contributed by atoms with van der Waals surface area (Å²) in [7, 11) is 0. The Balaban J connectivity index is 1.08. The molecule has 1 aromatic heterocycles. The van der Waals surface area contributed by atoms with E-state index in [1.54, 1.807) is 0 Å². The molecule has 0 spiro atoms. The number of ether oxygens (including phenoxy) is 1. The van der Waals surface area contributed by atoms with E-state index in [0.717, 1.165) is 66.8 Å². The van der Waals surface area contributed by atoms with Gasteiger partial charge in [0.2, 0.25) is 0 Å². The van der Waals surface area contributed by atoms with Gasteiger partial charge < -0.3 is 4.74 Å². The smallest absolute Gasteiger partial charge is 0.185 e. The van der Waals surface area contributed by atoms with Gasteiger partial charge in [0.1, 0.15) is 5.75 Å². The van der Waals surface area contributed by atoms with E-state index >= 15 is 0 Å². The molecule has 1 aliphatic rings. The lowest BCUT2D eigenvalue weighted by atomic mass is 9.74. The Hall–Kier alpha value is -7.17. The van der Waals surface area contributed by atoms with Gasteiger partial charge >= 0.3 is 0 Å². The van der Waals surface area contributed by atoms with Crippen LogP contribution in [-0.4, -0.2) is 15.0 Å². The molecule has 4 heteroatoms. The minimum Gasteiger partial charge on any atom is -0.472 e. The van der Waals surface area contributed by atoms with E-state index in [9.17, 15) is 0 Å². The summed E-state index contributed by atoms with van der Waals surface area (Å²) in [5.74, 6) is 2.74. The zero-order valence-electron chi connectivity index (χ0n) is 29.3. The van der Waals surface area contributed by atoms with Gasteiger partial charge in [0.15, 0.2) is 23.1 Å². The molecule has 0 atom stereocenters. The van der Waals surface area contributed by atoms with Gasteiger partial charge in [-0.15, -0.1) is 0 Å². The standard InChI is InChI=1S/C50H33N3O/c1-4-16-36(17-5-1)47-51-48(53-49(52-47)39-32-27-34-15-10-11-18-38(34)33-39)37-30-28-35(29-31-37)42-24-14-26-45-46(42)43-23-12-13-25-44(43)50(54-45,40-19-6-2-7-20-40)41-21-8-3-9-22-41/h1-33H. The van der Waals surface area contributed by atoms with Crippen LogP contribution in [0.1, 0.15) is 16.7 Å². The largest absolute Gasteiger partial charge is 0.472 e. The number of aromatic nitrogens is 3. The highest BCUT2D eigenvalue weighted by Crippen LogP contribution is 2.54. The van der Waals surface area contributed by atoms with Crippen molar-refractivity contribution in [3.8, 4) is 62.2 Å². The van der Waals surface area contributed by atoms with Crippen LogP contribution in [0.3, 0.4) is 0 Å². The second-order valence-corrected chi connectivity index (χ2v) is 13.6. The molecule has 0 aliphatic carbocycles. The first-order valence-corrected chi connectivity index (χ1v) is 18.2. The molecule has 10 rings (SSSR count). The number of hydrogen-bond acceptors (Lipinski definition) is 4. The molecule has 1 aliphatic heterocycles. The molecule has 0 unspecified atom stereocenters. The quantitative estimate of drug-likeness (QED) is 0.174. The highest BCUT2D eigenvalue weighted by atomic mass is 16.5. The third-order valence-electron chi connectivity index (χ3n) is 10.4. The van der Waals surface area contributed by atoms with Gasteiger partial charge in [-0.25, -0.2) is 15.0 Å². The Kier molecular flexibility index (Phi) is 7.66. The van der Waals surface area contributed by atoms with Gasteiger partial charge in [-0.3, -0.25) is 0 Å². The van der Waals surface area contributed by atoms with Gasteiger partial charge in [-0.2, -0.15) is 0 Å². The third-order valence-corrected chi connectivity index (χ3v) is 10.4. The average Bonchev–Trinajstić information content (AvgIpc) is 3.26. The Labute approximate surface area is 314 Å². The zero-order chi connectivity index (χ0) is 35.9. The van der Waals surface area contributed by atoms with Crippen LogP contribution < -0.4 is 4.74 Å². The van der Waals surface area contributed by atoms with Crippen molar-refractivity contribution < 1.29 is 4.74 Å². The van der Waals surface area contributed by atoms with E-state index < -0.39 is 5.60 Å². The number of rotatable bonds is 6. The molecule has 9 aromatic rings. The number of nitrogens with zero attached hydrogens (tertiary/aromatic N) is 3. The molecular formula is C50H33N3O. The second kappa shape index (κ2) is 13.1. The lowest BCUT2D eigenvalue weighted by Crippen LogP contribution is -2.38. The molecule has 54 heavy (non-hydrogen) atoms. The van der Waals surface area contributed by atoms with Gasteiger partial charge in [0.05, 0.1) is 0 Å². The number of fused-ring (bicyclic) bond motifs is 4. The fourth-order valence-electron chi connectivity index (χ4n) is 7.78. The molecule has 0 saturated heterocycles. The van der Waals surface area contributed by atoms with Crippen molar-refractivity contribution in [2.24, 2.45) is 0 Å². The van der Waals surface area contributed by atoms with Crippen LogP contribution in [0.25, 0.3) is 67.2 Å². The van der Waals surface area contributed by atoms with Crippen molar-refractivity contribution in [3.63, 3.8) is 0 Å². The summed E-state index contributed by atoms with van der Waals surface area (Å²) in [4.78, 5) is 15.0. The van der Waals surface area contributed by atoms with Crippen molar-refractivity contribution >= 4 is 10.8 Å². The summed E-state index contributed by atoms with van der Waals surface area (Å²) in [5, 5.41) is 2.32. The number of hydrogen-bond donors (Lipinski definition) is 0. The van der Waals surface area contributed by atoms with Crippen molar-refractivity contribution in [1.82, 2.24) is 15.0 Å². The van der Waals surface area contributed by atoms with Crippen molar-refractivity contribution in [2.45, 2.75) is 5.60 Å². The summed E-state index contributed by atoms with van der Waals surface area (Å²) in [6.07, 6.45) is 0. The predicted octanol–water partition coefficient (Wildman–Crippen LogP) is 12.0. The van der Waals surface area contributed by atoms with E-state index in [0.29, 0.717) is 17.5 Å². The third kappa shape index (κ3) is 5.35. The van der Waals surface area contributed by atoms with Gasteiger partial charge in [-0.1, -0.05) is 188 Å². The van der Waals surface area contributed by atoms with E-state index in [2.05, 4.69) is 170 Å². The van der Waals surface area contributed by atoms with Crippen LogP contribution in [0, 0.1) is 0 Å². The Morgan fingerprint density at radius 2 is 0.852 bits per heavy atom. The molecule has 0 fully saturated rings. The van der Waals surface area contributed by atoms with E-state index in [4.69, 9.17) is 19.7 Å². The maximum absolute atomic E-state index is 7.28. The molecule has 0 saturated carbocycles. The maximum atomic E-state index is 7.28.